The van der Waals surface area contributed by atoms with Crippen molar-refractivity contribution in [3.05, 3.63) is 77.0 Å². The summed E-state index contributed by atoms with van der Waals surface area (Å²) in [5.74, 6) is 1.36. The highest BCUT2D eigenvalue weighted by molar-refractivity contribution is 5.51. The summed E-state index contributed by atoms with van der Waals surface area (Å²) in [6.07, 6.45) is 3.93. The van der Waals surface area contributed by atoms with Crippen molar-refractivity contribution in [2.45, 2.75) is 47.0 Å². The van der Waals surface area contributed by atoms with Crippen molar-refractivity contribution in [1.29, 1.82) is 0 Å². The lowest BCUT2D eigenvalue weighted by Crippen LogP contribution is -2.13. The van der Waals surface area contributed by atoms with Gasteiger partial charge in [-0.15, -0.1) is 0 Å². The van der Waals surface area contributed by atoms with Gasteiger partial charge in [-0.25, -0.2) is 14.4 Å². The normalized spacial score (nSPS) is 11.4. The Balaban J connectivity index is 2.15. The molecule has 0 bridgehead atoms. The van der Waals surface area contributed by atoms with E-state index in [0.717, 1.165) is 35.5 Å². The zero-order valence-electron chi connectivity index (χ0n) is 17.1. The summed E-state index contributed by atoms with van der Waals surface area (Å²) >= 11 is 0. The van der Waals surface area contributed by atoms with Gasteiger partial charge in [-0.2, -0.15) is 0 Å². The van der Waals surface area contributed by atoms with Crippen LogP contribution in [0.3, 0.4) is 0 Å². The van der Waals surface area contributed by atoms with E-state index < -0.39 is 0 Å². The summed E-state index contributed by atoms with van der Waals surface area (Å²) < 4.78 is 14.4. The lowest BCUT2D eigenvalue weighted by atomic mass is 9.93. The van der Waals surface area contributed by atoms with E-state index in [-0.39, 0.29) is 5.82 Å². The van der Waals surface area contributed by atoms with E-state index in [0.29, 0.717) is 29.6 Å². The minimum Gasteiger partial charge on any atom is -0.253 e. The van der Waals surface area contributed by atoms with Gasteiger partial charge in [-0.05, 0) is 54.0 Å². The van der Waals surface area contributed by atoms with Gasteiger partial charge < -0.3 is 0 Å². The molecule has 0 aliphatic rings. The summed E-state index contributed by atoms with van der Waals surface area (Å²) in [7, 11) is 0. The van der Waals surface area contributed by atoms with Crippen LogP contribution < -0.4 is 0 Å². The Kier molecular flexibility index (Phi) is 6.50. The molecule has 0 amide bonds. The van der Waals surface area contributed by atoms with Crippen LogP contribution in [0.25, 0.3) is 11.5 Å². The summed E-state index contributed by atoms with van der Waals surface area (Å²) in [5, 5.41) is 0. The first-order valence-corrected chi connectivity index (χ1v) is 9.97. The number of nitrogens with zero attached hydrogens (tertiary/aromatic N) is 3. The first kappa shape index (κ1) is 20.1. The predicted molar refractivity (Wildman–Crippen MR) is 112 cm³/mol. The van der Waals surface area contributed by atoms with Gasteiger partial charge in [0.25, 0.3) is 0 Å². The van der Waals surface area contributed by atoms with Gasteiger partial charge in [0.05, 0.1) is 0 Å². The first-order chi connectivity index (χ1) is 13.4. The summed E-state index contributed by atoms with van der Waals surface area (Å²) in [4.78, 5) is 14.2. The Hall–Kier alpha value is -2.62. The number of pyridine rings is 1. The number of rotatable bonds is 7. The summed E-state index contributed by atoms with van der Waals surface area (Å²) in [6.45, 7) is 8.71. The minimum atomic E-state index is -0.178. The molecule has 3 nitrogen and oxygen atoms in total. The third-order valence-corrected chi connectivity index (χ3v) is 4.60. The van der Waals surface area contributed by atoms with Crippen LogP contribution in [-0.2, 0) is 19.3 Å². The molecule has 4 heteroatoms. The molecule has 0 spiro atoms. The highest BCUT2D eigenvalue weighted by Gasteiger charge is 2.19. The largest absolute Gasteiger partial charge is 0.253 e. The van der Waals surface area contributed by atoms with Crippen molar-refractivity contribution in [2.75, 3.05) is 0 Å². The SMILES string of the molecule is CC(C)Cc1nc(-c2ccccn2)nc(CC(C)C)c1Cc1ccccc1F. The van der Waals surface area contributed by atoms with Crippen molar-refractivity contribution in [3.63, 3.8) is 0 Å². The van der Waals surface area contributed by atoms with Gasteiger partial charge in [-0.3, -0.25) is 4.98 Å². The maximum atomic E-state index is 14.4. The van der Waals surface area contributed by atoms with E-state index in [1.165, 1.54) is 6.07 Å². The van der Waals surface area contributed by atoms with Crippen LogP contribution in [-0.4, -0.2) is 15.0 Å². The van der Waals surface area contributed by atoms with E-state index in [1.807, 2.05) is 30.3 Å². The van der Waals surface area contributed by atoms with Gasteiger partial charge in [0.2, 0.25) is 0 Å². The van der Waals surface area contributed by atoms with Gasteiger partial charge in [0, 0.05) is 24.0 Å². The van der Waals surface area contributed by atoms with Crippen LogP contribution in [0.2, 0.25) is 0 Å². The second-order valence-electron chi connectivity index (χ2n) is 8.10. The Labute approximate surface area is 167 Å². The molecular weight excluding hydrogens is 349 g/mol. The third-order valence-electron chi connectivity index (χ3n) is 4.60. The second-order valence-corrected chi connectivity index (χ2v) is 8.10. The van der Waals surface area contributed by atoms with Crippen LogP contribution in [0.15, 0.2) is 48.7 Å². The van der Waals surface area contributed by atoms with Gasteiger partial charge >= 0.3 is 0 Å². The Bertz CT molecular complexity index is 889. The summed E-state index contributed by atoms with van der Waals surface area (Å²) in [6, 6.07) is 12.7. The zero-order valence-corrected chi connectivity index (χ0v) is 17.1. The Morgan fingerprint density at radius 3 is 1.96 bits per heavy atom. The maximum absolute atomic E-state index is 14.4. The number of aromatic nitrogens is 3. The molecule has 0 aliphatic carbocycles. The van der Waals surface area contributed by atoms with Crippen LogP contribution in [0.1, 0.15) is 50.2 Å². The van der Waals surface area contributed by atoms with E-state index in [1.54, 1.807) is 12.3 Å². The standard InChI is InChI=1S/C24H28FN3/c1-16(2)13-22-19(15-18-9-5-6-10-20(18)25)23(14-17(3)4)28-24(27-22)21-11-7-8-12-26-21/h5-12,16-17H,13-15H2,1-4H3. The molecule has 0 saturated carbocycles. The lowest BCUT2D eigenvalue weighted by Gasteiger charge is -2.18. The highest BCUT2D eigenvalue weighted by atomic mass is 19.1. The van der Waals surface area contributed by atoms with Crippen molar-refractivity contribution in [3.8, 4) is 11.5 Å². The van der Waals surface area contributed by atoms with Crippen LogP contribution in [0.5, 0.6) is 0 Å². The quantitative estimate of drug-likeness (QED) is 0.533. The van der Waals surface area contributed by atoms with Crippen molar-refractivity contribution >= 4 is 0 Å². The molecule has 2 heterocycles. The predicted octanol–water partition coefficient (Wildman–Crippen LogP) is 5.67. The molecule has 1 aromatic carbocycles. The zero-order chi connectivity index (χ0) is 20.1. The molecular formula is C24H28FN3. The Morgan fingerprint density at radius 1 is 0.821 bits per heavy atom. The summed E-state index contributed by atoms with van der Waals surface area (Å²) in [5.41, 5.74) is 4.53. The molecule has 0 N–H and O–H groups in total. The van der Waals surface area contributed by atoms with Gasteiger partial charge in [-0.1, -0.05) is 52.0 Å². The van der Waals surface area contributed by atoms with Gasteiger partial charge in [0.15, 0.2) is 5.82 Å². The monoisotopic (exact) mass is 377 g/mol. The highest BCUT2D eigenvalue weighted by Crippen LogP contribution is 2.25. The number of benzene rings is 1. The Morgan fingerprint density at radius 2 is 1.43 bits per heavy atom. The van der Waals surface area contributed by atoms with Crippen molar-refractivity contribution < 1.29 is 4.39 Å². The average Bonchev–Trinajstić information content (AvgIpc) is 2.65. The molecule has 0 aliphatic heterocycles. The molecule has 0 unspecified atom stereocenters. The average molecular weight is 378 g/mol. The fourth-order valence-corrected chi connectivity index (χ4v) is 3.34. The molecule has 0 saturated heterocycles. The fourth-order valence-electron chi connectivity index (χ4n) is 3.34. The number of hydrogen-bond acceptors (Lipinski definition) is 3. The van der Waals surface area contributed by atoms with Crippen LogP contribution in [0.4, 0.5) is 4.39 Å². The molecule has 0 radical (unpaired) electrons. The van der Waals surface area contributed by atoms with Crippen LogP contribution in [0, 0.1) is 17.7 Å². The molecule has 146 valence electrons. The molecule has 3 aromatic rings. The molecule has 3 rings (SSSR count). The third kappa shape index (κ3) is 5.00. The van der Waals surface area contributed by atoms with Crippen molar-refractivity contribution in [1.82, 2.24) is 15.0 Å². The first-order valence-electron chi connectivity index (χ1n) is 9.97. The second kappa shape index (κ2) is 9.05. The van der Waals surface area contributed by atoms with E-state index in [2.05, 4.69) is 32.7 Å². The number of halogens is 1. The fraction of sp³-hybridized carbons (Fsp3) is 0.375. The van der Waals surface area contributed by atoms with E-state index >= 15 is 0 Å². The van der Waals surface area contributed by atoms with Crippen molar-refractivity contribution in [2.24, 2.45) is 11.8 Å². The van der Waals surface area contributed by atoms with E-state index in [9.17, 15) is 4.39 Å². The topological polar surface area (TPSA) is 38.7 Å². The molecule has 0 fully saturated rings. The molecule has 0 atom stereocenters. The maximum Gasteiger partial charge on any atom is 0.178 e. The molecule has 2 aromatic heterocycles. The van der Waals surface area contributed by atoms with E-state index in [4.69, 9.17) is 9.97 Å². The smallest absolute Gasteiger partial charge is 0.178 e. The van der Waals surface area contributed by atoms with Crippen LogP contribution >= 0.6 is 0 Å². The lowest BCUT2D eigenvalue weighted by molar-refractivity contribution is 0.599. The molecule has 28 heavy (non-hydrogen) atoms. The number of hydrogen-bond donors (Lipinski definition) is 0. The minimum absolute atomic E-state index is 0.178. The van der Waals surface area contributed by atoms with Gasteiger partial charge in [0.1, 0.15) is 11.5 Å².